The van der Waals surface area contributed by atoms with Crippen molar-refractivity contribution in [1.82, 2.24) is 9.29 Å². The van der Waals surface area contributed by atoms with E-state index in [0.717, 1.165) is 10.4 Å². The van der Waals surface area contributed by atoms with Crippen LogP contribution in [0.15, 0.2) is 41.8 Å². The first-order valence-corrected chi connectivity index (χ1v) is 12.2. The maximum Gasteiger partial charge on any atom is 0.322 e. The molecule has 0 amide bonds. The monoisotopic (exact) mass is 498 g/mol. The summed E-state index contributed by atoms with van der Waals surface area (Å²) in [5, 5.41) is 11.4. The normalized spacial score (nSPS) is 17.8. The molecule has 4 rings (SSSR count). The van der Waals surface area contributed by atoms with E-state index < -0.39 is 39.5 Å². The molecule has 0 aliphatic carbocycles. The van der Waals surface area contributed by atoms with Gasteiger partial charge in [0.05, 0.1) is 18.0 Å². The number of aliphatic carboxylic acids is 1. The number of sulfonamides is 1. The quantitative estimate of drug-likeness (QED) is 0.498. The molecule has 1 aromatic heterocycles. The lowest BCUT2D eigenvalue weighted by Gasteiger charge is -2.18. The summed E-state index contributed by atoms with van der Waals surface area (Å²) in [4.78, 5) is 15.6. The van der Waals surface area contributed by atoms with E-state index >= 15 is 0 Å². The molecule has 12 heteroatoms. The molecule has 33 heavy (non-hydrogen) atoms. The summed E-state index contributed by atoms with van der Waals surface area (Å²) in [5.74, 6) is -4.28. The van der Waals surface area contributed by atoms with E-state index in [1.54, 1.807) is 17.5 Å². The van der Waals surface area contributed by atoms with E-state index in [1.165, 1.54) is 23.5 Å². The van der Waals surface area contributed by atoms with E-state index in [9.17, 15) is 31.5 Å². The number of thiazole rings is 1. The van der Waals surface area contributed by atoms with Crippen LogP contribution in [0, 0.1) is 17.5 Å². The second-order valence-electron chi connectivity index (χ2n) is 7.30. The molecular formula is C21H17F3N2O5S2. The van der Waals surface area contributed by atoms with Crippen LogP contribution in [0.4, 0.5) is 13.2 Å². The number of carbonyl (C=O) groups is 1. The molecule has 2 heterocycles. The topological polar surface area (TPSA) is 96.8 Å². The lowest BCUT2D eigenvalue weighted by atomic mass is 10.0. The van der Waals surface area contributed by atoms with E-state index in [2.05, 4.69) is 4.98 Å². The highest BCUT2D eigenvalue weighted by molar-refractivity contribution is 7.89. The molecule has 7 nitrogen and oxygen atoms in total. The van der Waals surface area contributed by atoms with Crippen molar-refractivity contribution in [2.75, 3.05) is 5.75 Å². The zero-order valence-electron chi connectivity index (χ0n) is 16.9. The summed E-state index contributed by atoms with van der Waals surface area (Å²) in [6.45, 7) is -0.0665. The van der Waals surface area contributed by atoms with Crippen molar-refractivity contribution in [3.63, 3.8) is 0 Å². The Bertz CT molecular complexity index is 1300. The van der Waals surface area contributed by atoms with Gasteiger partial charge in [0.15, 0.2) is 11.6 Å². The van der Waals surface area contributed by atoms with Crippen LogP contribution in [0.5, 0.6) is 5.75 Å². The molecular weight excluding hydrogens is 481 g/mol. The summed E-state index contributed by atoms with van der Waals surface area (Å²) in [5.41, 5.74) is 0.677. The average molecular weight is 499 g/mol. The highest BCUT2D eigenvalue weighted by Crippen LogP contribution is 2.28. The fourth-order valence-corrected chi connectivity index (χ4v) is 5.80. The second-order valence-corrected chi connectivity index (χ2v) is 10.3. The number of halogens is 3. The Balaban J connectivity index is 1.40. The molecule has 1 fully saturated rings. The number of carboxylic acid groups (broad SMARTS) is 1. The van der Waals surface area contributed by atoms with Gasteiger partial charge in [0.25, 0.3) is 0 Å². The van der Waals surface area contributed by atoms with Crippen LogP contribution in [-0.4, -0.2) is 40.6 Å². The summed E-state index contributed by atoms with van der Waals surface area (Å²) in [6, 6.07) is 6.26. The van der Waals surface area contributed by atoms with Gasteiger partial charge in [-0.3, -0.25) is 4.79 Å². The number of benzene rings is 2. The smallest absolute Gasteiger partial charge is 0.322 e. The van der Waals surface area contributed by atoms with Gasteiger partial charge in [-0.1, -0.05) is 12.1 Å². The van der Waals surface area contributed by atoms with Gasteiger partial charge in [-0.05, 0) is 30.2 Å². The molecule has 1 aliphatic rings. The molecule has 3 aromatic rings. The molecule has 1 aliphatic heterocycles. The number of rotatable bonds is 7. The summed E-state index contributed by atoms with van der Waals surface area (Å²) >= 11 is 1.24. The number of hydrogen-bond donors (Lipinski definition) is 1. The third-order valence-corrected chi connectivity index (χ3v) is 7.81. The maximum atomic E-state index is 13.9. The Labute approximate surface area is 191 Å². The van der Waals surface area contributed by atoms with Gasteiger partial charge in [0.2, 0.25) is 10.0 Å². The van der Waals surface area contributed by atoms with Crippen LogP contribution in [0.1, 0.15) is 17.1 Å². The average Bonchev–Trinajstić information content (AvgIpc) is 3.34. The zero-order valence-corrected chi connectivity index (χ0v) is 18.5. The second kappa shape index (κ2) is 9.12. The number of hydrogen-bond acceptors (Lipinski definition) is 6. The van der Waals surface area contributed by atoms with Crippen LogP contribution >= 0.6 is 11.3 Å². The van der Waals surface area contributed by atoms with Crippen molar-refractivity contribution in [3.8, 4) is 16.9 Å². The molecule has 0 bridgehead atoms. The van der Waals surface area contributed by atoms with Crippen molar-refractivity contribution < 1.29 is 36.2 Å². The Morgan fingerprint density at radius 2 is 1.85 bits per heavy atom. The minimum atomic E-state index is -3.65. The van der Waals surface area contributed by atoms with E-state index in [1.807, 2.05) is 0 Å². The Morgan fingerprint density at radius 3 is 2.55 bits per heavy atom. The first-order chi connectivity index (χ1) is 15.6. The SMILES string of the molecule is O=C(O)[C@H]1CCS(=O)(=O)N1Cc1csc(COc2ccc(-c3cc(F)c(F)cc3F)cc2)n1. The van der Waals surface area contributed by atoms with Crippen LogP contribution in [0.2, 0.25) is 0 Å². The first kappa shape index (κ1) is 23.2. The van der Waals surface area contributed by atoms with Crippen LogP contribution < -0.4 is 4.74 Å². The first-order valence-electron chi connectivity index (χ1n) is 9.67. The minimum absolute atomic E-state index is 0.0300. The number of nitrogens with zero attached hydrogens (tertiary/aromatic N) is 2. The minimum Gasteiger partial charge on any atom is -0.486 e. The zero-order chi connectivity index (χ0) is 23.8. The Hall–Kier alpha value is -2.96. The van der Waals surface area contributed by atoms with Crippen molar-refractivity contribution >= 4 is 27.3 Å². The standard InChI is InChI=1S/C21H17F3N2O5S2/c22-16-8-18(24)17(23)7-15(16)12-1-3-14(4-2-12)31-10-20-25-13(11-32-20)9-26-19(21(27)28)5-6-33(26,29)30/h1-4,7-8,11,19H,5-6,9-10H2,(H,27,28)/t19-/m1/s1. The van der Waals surface area contributed by atoms with Crippen molar-refractivity contribution in [2.24, 2.45) is 0 Å². The maximum absolute atomic E-state index is 13.9. The van der Waals surface area contributed by atoms with Crippen LogP contribution in [0.25, 0.3) is 11.1 Å². The van der Waals surface area contributed by atoms with Gasteiger partial charge in [-0.15, -0.1) is 11.3 Å². The van der Waals surface area contributed by atoms with Crippen molar-refractivity contribution in [2.45, 2.75) is 25.6 Å². The molecule has 0 saturated carbocycles. The largest absolute Gasteiger partial charge is 0.486 e. The van der Waals surface area contributed by atoms with Gasteiger partial charge < -0.3 is 9.84 Å². The Morgan fingerprint density at radius 1 is 1.15 bits per heavy atom. The van der Waals surface area contributed by atoms with E-state index in [0.29, 0.717) is 28.1 Å². The fraction of sp³-hybridized carbons (Fsp3) is 0.238. The Kier molecular flexibility index (Phi) is 6.41. The van der Waals surface area contributed by atoms with Crippen molar-refractivity contribution in [3.05, 3.63) is 69.9 Å². The van der Waals surface area contributed by atoms with Gasteiger partial charge in [0.1, 0.15) is 29.2 Å². The van der Waals surface area contributed by atoms with E-state index in [4.69, 9.17) is 4.74 Å². The van der Waals surface area contributed by atoms with E-state index in [-0.39, 0.29) is 30.9 Å². The molecule has 0 spiro atoms. The van der Waals surface area contributed by atoms with Crippen LogP contribution in [-0.2, 0) is 28.0 Å². The van der Waals surface area contributed by atoms with Gasteiger partial charge >= 0.3 is 5.97 Å². The highest BCUT2D eigenvalue weighted by atomic mass is 32.2. The molecule has 0 unspecified atom stereocenters. The summed E-state index contributed by atoms with van der Waals surface area (Å²) in [6.07, 6.45) is 0.0300. The lowest BCUT2D eigenvalue weighted by molar-refractivity contribution is -0.141. The molecule has 2 aromatic carbocycles. The summed E-state index contributed by atoms with van der Waals surface area (Å²) in [7, 11) is -3.65. The summed E-state index contributed by atoms with van der Waals surface area (Å²) < 4.78 is 71.3. The molecule has 1 saturated heterocycles. The number of ether oxygens (including phenoxy) is 1. The molecule has 1 atom stereocenters. The fourth-order valence-electron chi connectivity index (χ4n) is 3.44. The van der Waals surface area contributed by atoms with Gasteiger partial charge in [0, 0.05) is 17.0 Å². The van der Waals surface area contributed by atoms with Crippen molar-refractivity contribution in [1.29, 1.82) is 0 Å². The lowest BCUT2D eigenvalue weighted by Crippen LogP contribution is -2.38. The highest BCUT2D eigenvalue weighted by Gasteiger charge is 2.41. The predicted molar refractivity (Wildman–Crippen MR) is 114 cm³/mol. The number of aromatic nitrogens is 1. The third-order valence-electron chi connectivity index (χ3n) is 5.09. The molecule has 0 radical (unpaired) electrons. The molecule has 1 N–H and O–H groups in total. The molecule has 174 valence electrons. The van der Waals surface area contributed by atoms with Crippen LogP contribution in [0.3, 0.4) is 0 Å². The predicted octanol–water partition coefficient (Wildman–Crippen LogP) is 3.80. The number of carboxylic acids is 1. The third kappa shape index (κ3) is 5.02. The van der Waals surface area contributed by atoms with Gasteiger partial charge in [-0.25, -0.2) is 26.6 Å². The van der Waals surface area contributed by atoms with Gasteiger partial charge in [-0.2, -0.15) is 4.31 Å².